The van der Waals surface area contributed by atoms with Gasteiger partial charge in [0.15, 0.2) is 0 Å². The van der Waals surface area contributed by atoms with Crippen LogP contribution in [0.3, 0.4) is 0 Å². The lowest BCUT2D eigenvalue weighted by Gasteiger charge is -2.26. The third-order valence-electron chi connectivity index (χ3n) is 7.93. The van der Waals surface area contributed by atoms with Gasteiger partial charge in [0.2, 0.25) is 5.91 Å². The highest BCUT2D eigenvalue weighted by molar-refractivity contribution is 6.31. The summed E-state index contributed by atoms with van der Waals surface area (Å²) in [5, 5.41) is 12.9. The molecule has 2 amide bonds. The Morgan fingerprint density at radius 1 is 1.16 bits per heavy atom. The number of amides is 2. The normalized spacial score (nSPS) is 26.4. The quantitative estimate of drug-likeness (QED) is 0.373. The van der Waals surface area contributed by atoms with E-state index in [0.717, 1.165) is 12.8 Å². The molecule has 11 heteroatoms. The Morgan fingerprint density at radius 3 is 2.63 bits per heavy atom. The first-order valence-corrected chi connectivity index (χ1v) is 13.8. The second-order valence-corrected chi connectivity index (χ2v) is 11.0. The first-order chi connectivity index (χ1) is 18.3. The van der Waals surface area contributed by atoms with E-state index < -0.39 is 5.92 Å². The van der Waals surface area contributed by atoms with Crippen LogP contribution < -0.4 is 32.5 Å². The highest BCUT2D eigenvalue weighted by Crippen LogP contribution is 2.30. The average molecular weight is 543 g/mol. The molecule has 2 heterocycles. The van der Waals surface area contributed by atoms with Crippen LogP contribution in [0.25, 0.3) is 6.08 Å². The Bertz CT molecular complexity index is 1340. The molecular formula is C27H35ClN6O4. The largest absolute Gasteiger partial charge is 0.349 e. The van der Waals surface area contributed by atoms with Crippen LogP contribution >= 0.6 is 11.6 Å². The van der Waals surface area contributed by atoms with Crippen LogP contribution in [0, 0.1) is 11.8 Å². The maximum absolute atomic E-state index is 13.3. The second kappa shape index (κ2) is 11.0. The number of aromatic nitrogens is 2. The lowest BCUT2D eigenvalue weighted by atomic mass is 9.96. The smallest absolute Gasteiger partial charge is 0.331 e. The van der Waals surface area contributed by atoms with Crippen molar-refractivity contribution in [3.8, 4) is 0 Å². The number of hydrogen-bond acceptors (Lipinski definition) is 6. The minimum atomic E-state index is -0.460. The van der Waals surface area contributed by atoms with E-state index in [1.54, 1.807) is 16.7 Å². The van der Waals surface area contributed by atoms with Crippen molar-refractivity contribution in [2.45, 2.75) is 63.8 Å². The maximum atomic E-state index is 13.3. The second-order valence-electron chi connectivity index (χ2n) is 10.5. The van der Waals surface area contributed by atoms with Crippen LogP contribution in [-0.4, -0.2) is 59.2 Å². The first kappa shape index (κ1) is 26.6. The Labute approximate surface area is 226 Å². The Balaban J connectivity index is 1.26. The number of carbonyl (C=O) groups is 2. The molecule has 1 saturated carbocycles. The molecule has 1 aromatic rings. The van der Waals surface area contributed by atoms with Crippen LogP contribution in [0.15, 0.2) is 38.4 Å². The lowest BCUT2D eigenvalue weighted by Crippen LogP contribution is -2.50. The predicted molar refractivity (Wildman–Crippen MR) is 146 cm³/mol. The topological polar surface area (TPSA) is 126 Å². The minimum Gasteiger partial charge on any atom is -0.349 e. The van der Waals surface area contributed by atoms with Gasteiger partial charge in [-0.3, -0.25) is 23.5 Å². The minimum absolute atomic E-state index is 0.00146. The Hall–Kier alpha value is -2.95. The fourth-order valence-electron chi connectivity index (χ4n) is 5.50. The van der Waals surface area contributed by atoms with Crippen molar-refractivity contribution in [1.29, 1.82) is 0 Å². The van der Waals surface area contributed by atoms with E-state index >= 15 is 0 Å². The zero-order valence-corrected chi connectivity index (χ0v) is 22.5. The van der Waals surface area contributed by atoms with Gasteiger partial charge in [-0.1, -0.05) is 23.8 Å². The molecule has 10 nitrogen and oxygen atoms in total. The van der Waals surface area contributed by atoms with Gasteiger partial charge >= 0.3 is 5.69 Å². The number of fused-ring (bicyclic) bond motifs is 1. The van der Waals surface area contributed by atoms with E-state index in [2.05, 4.69) is 21.3 Å². The van der Waals surface area contributed by atoms with Crippen molar-refractivity contribution in [3.05, 3.63) is 60.9 Å². The summed E-state index contributed by atoms with van der Waals surface area (Å²) in [7, 11) is 1.82. The van der Waals surface area contributed by atoms with Crippen molar-refractivity contribution < 1.29 is 9.59 Å². The van der Waals surface area contributed by atoms with Crippen molar-refractivity contribution >= 4 is 29.5 Å². The Morgan fingerprint density at radius 2 is 1.95 bits per heavy atom. The van der Waals surface area contributed by atoms with E-state index in [-0.39, 0.29) is 41.2 Å². The van der Waals surface area contributed by atoms with Gasteiger partial charge in [-0.15, -0.1) is 0 Å². The van der Waals surface area contributed by atoms with Crippen LogP contribution in [0.1, 0.15) is 37.4 Å². The Kier molecular flexibility index (Phi) is 7.74. The SMILES string of the molecule is CCn1c2c(c(=O)n(CC3CC3)c1=O)CC(NC(=O)[C@@H]1CNC[C@H]1NC(=O)C1=CCC(NC)C(Cl)=C1)C=C2. The van der Waals surface area contributed by atoms with Gasteiger partial charge in [0.05, 0.1) is 23.7 Å². The zero-order valence-electron chi connectivity index (χ0n) is 21.8. The molecule has 0 spiro atoms. The van der Waals surface area contributed by atoms with E-state index in [1.165, 1.54) is 4.57 Å². The van der Waals surface area contributed by atoms with E-state index in [0.29, 0.717) is 66.8 Å². The van der Waals surface area contributed by atoms with Gasteiger partial charge in [0.25, 0.3) is 11.5 Å². The van der Waals surface area contributed by atoms with Crippen molar-refractivity contribution in [3.63, 3.8) is 0 Å². The standard InChI is InChI=1S/C27H35ClN6O4/c1-3-33-23-9-7-17(11-18(23)26(37)34(27(33)38)14-15-4-5-15)31-25(36)19-12-30-13-22(19)32-24(35)16-6-8-21(29-2)20(28)10-16/h6-7,9-10,15,17,19,21-22,29-30H,3-5,8,11-14H2,1-2H3,(H,31,36)(H,32,35)/t17?,19-,21?,22-/m1/s1. The number of hydrogen-bond donors (Lipinski definition) is 4. The molecule has 4 N–H and O–H groups in total. The molecule has 5 rings (SSSR count). The molecule has 0 aromatic carbocycles. The summed E-state index contributed by atoms with van der Waals surface area (Å²) in [4.78, 5) is 52.4. The summed E-state index contributed by atoms with van der Waals surface area (Å²) < 4.78 is 3.00. The van der Waals surface area contributed by atoms with Crippen LogP contribution in [-0.2, 0) is 29.1 Å². The number of carbonyl (C=O) groups excluding carboxylic acids is 2. The third kappa shape index (κ3) is 5.30. The number of halogens is 1. The fraction of sp³-hybridized carbons (Fsp3) is 0.556. The highest BCUT2D eigenvalue weighted by atomic mass is 35.5. The maximum Gasteiger partial charge on any atom is 0.331 e. The molecule has 3 aliphatic carbocycles. The van der Waals surface area contributed by atoms with Crippen LogP contribution in [0.4, 0.5) is 0 Å². The zero-order chi connectivity index (χ0) is 27.0. The fourth-order valence-corrected chi connectivity index (χ4v) is 5.82. The summed E-state index contributed by atoms with van der Waals surface area (Å²) in [6.45, 7) is 3.72. The van der Waals surface area contributed by atoms with E-state index in [1.807, 2.05) is 26.1 Å². The number of nitrogens with one attached hydrogen (secondary N) is 4. The molecule has 0 radical (unpaired) electrons. The lowest BCUT2D eigenvalue weighted by molar-refractivity contribution is -0.126. The molecule has 1 saturated heterocycles. The van der Waals surface area contributed by atoms with Gasteiger partial charge in [-0.25, -0.2) is 4.79 Å². The molecular weight excluding hydrogens is 508 g/mol. The molecule has 4 atom stereocenters. The van der Waals surface area contributed by atoms with Gasteiger partial charge in [0.1, 0.15) is 0 Å². The van der Waals surface area contributed by atoms with Crippen molar-refractivity contribution in [2.75, 3.05) is 20.1 Å². The number of nitrogens with zero attached hydrogens (tertiary/aromatic N) is 2. The van der Waals surface area contributed by atoms with Crippen LogP contribution in [0.5, 0.6) is 0 Å². The molecule has 1 aromatic heterocycles. The molecule has 204 valence electrons. The number of rotatable bonds is 8. The first-order valence-electron chi connectivity index (χ1n) is 13.4. The number of likely N-dealkylation sites (N-methyl/N-ethyl adjacent to an activating group) is 1. The average Bonchev–Trinajstić information content (AvgIpc) is 3.62. The summed E-state index contributed by atoms with van der Waals surface area (Å²) >= 11 is 6.29. The summed E-state index contributed by atoms with van der Waals surface area (Å²) in [5.74, 6) is -0.522. The summed E-state index contributed by atoms with van der Waals surface area (Å²) in [5.41, 5.74) is 1.15. The van der Waals surface area contributed by atoms with E-state index in [4.69, 9.17) is 11.6 Å². The molecule has 4 aliphatic rings. The third-order valence-corrected chi connectivity index (χ3v) is 8.31. The monoisotopic (exact) mass is 542 g/mol. The molecule has 2 unspecified atom stereocenters. The van der Waals surface area contributed by atoms with Crippen LogP contribution in [0.2, 0.25) is 0 Å². The van der Waals surface area contributed by atoms with Gasteiger partial charge in [-0.05, 0) is 51.3 Å². The molecule has 38 heavy (non-hydrogen) atoms. The summed E-state index contributed by atoms with van der Waals surface area (Å²) in [6, 6.07) is -0.755. The van der Waals surface area contributed by atoms with Gasteiger partial charge in [0, 0.05) is 54.8 Å². The van der Waals surface area contributed by atoms with Crippen molar-refractivity contribution in [2.24, 2.45) is 11.8 Å². The molecule has 0 bridgehead atoms. The predicted octanol–water partition coefficient (Wildman–Crippen LogP) is 0.239. The van der Waals surface area contributed by atoms with E-state index in [9.17, 15) is 19.2 Å². The van der Waals surface area contributed by atoms with Gasteiger partial charge < -0.3 is 21.3 Å². The highest BCUT2D eigenvalue weighted by Gasteiger charge is 2.36. The summed E-state index contributed by atoms with van der Waals surface area (Å²) in [6.07, 6.45) is 10.1. The van der Waals surface area contributed by atoms with Gasteiger partial charge in [-0.2, -0.15) is 0 Å². The van der Waals surface area contributed by atoms with Crippen molar-refractivity contribution in [1.82, 2.24) is 30.4 Å². The molecule has 1 aliphatic heterocycles. The molecule has 2 fully saturated rings.